The van der Waals surface area contributed by atoms with E-state index in [1.165, 1.54) is 0 Å². The van der Waals surface area contributed by atoms with Gasteiger partial charge in [0.05, 0.1) is 13.0 Å². The van der Waals surface area contributed by atoms with E-state index in [0.717, 1.165) is 35.2 Å². The minimum absolute atomic E-state index is 0.0609. The summed E-state index contributed by atoms with van der Waals surface area (Å²) < 4.78 is 5.23. The van der Waals surface area contributed by atoms with E-state index in [-0.39, 0.29) is 11.8 Å². The van der Waals surface area contributed by atoms with Crippen LogP contribution >= 0.6 is 0 Å². The number of fused-ring (bicyclic) bond motifs is 1. The molecule has 22 heavy (non-hydrogen) atoms. The number of hydrogen-bond acceptors (Lipinski definition) is 3. The second kappa shape index (κ2) is 7.80. The molecule has 2 aromatic rings. The van der Waals surface area contributed by atoms with E-state index in [0.29, 0.717) is 6.54 Å². The third-order valence-electron chi connectivity index (χ3n) is 3.82. The number of methoxy groups -OCH3 is 1. The first-order valence-corrected chi connectivity index (χ1v) is 7.72. The SMILES string of the molecule is CCNCCNC(=O)C(C)c1ccc2cc(OC)ccc2c1. The lowest BCUT2D eigenvalue weighted by atomic mass is 9.97. The summed E-state index contributed by atoms with van der Waals surface area (Å²) in [5, 5.41) is 8.38. The topological polar surface area (TPSA) is 50.4 Å². The van der Waals surface area contributed by atoms with Crippen molar-refractivity contribution in [2.24, 2.45) is 0 Å². The molecule has 0 aliphatic rings. The monoisotopic (exact) mass is 300 g/mol. The molecular formula is C18H24N2O2. The molecule has 4 heteroatoms. The molecule has 0 aliphatic carbocycles. The van der Waals surface area contributed by atoms with Crippen molar-refractivity contribution in [3.05, 3.63) is 42.0 Å². The van der Waals surface area contributed by atoms with E-state index < -0.39 is 0 Å². The van der Waals surface area contributed by atoms with E-state index >= 15 is 0 Å². The lowest BCUT2D eigenvalue weighted by Gasteiger charge is -2.14. The van der Waals surface area contributed by atoms with Crippen LogP contribution in [0.5, 0.6) is 5.75 Å². The van der Waals surface area contributed by atoms with Gasteiger partial charge in [-0.3, -0.25) is 4.79 Å². The molecule has 4 nitrogen and oxygen atoms in total. The fraction of sp³-hybridized carbons (Fsp3) is 0.389. The first-order chi connectivity index (χ1) is 10.7. The number of rotatable bonds is 7. The van der Waals surface area contributed by atoms with Crippen LogP contribution in [0.4, 0.5) is 0 Å². The highest BCUT2D eigenvalue weighted by molar-refractivity contribution is 5.88. The zero-order chi connectivity index (χ0) is 15.9. The molecule has 0 fully saturated rings. The van der Waals surface area contributed by atoms with Crippen molar-refractivity contribution in [3.8, 4) is 5.75 Å². The molecule has 1 unspecified atom stereocenters. The molecule has 0 aliphatic heterocycles. The van der Waals surface area contributed by atoms with E-state index in [4.69, 9.17) is 4.74 Å². The maximum Gasteiger partial charge on any atom is 0.227 e. The standard InChI is InChI=1S/C18H24N2O2/c1-4-19-9-10-20-18(21)13(2)14-5-6-16-12-17(22-3)8-7-15(16)11-14/h5-8,11-13,19H,4,9-10H2,1-3H3,(H,20,21). The second-order valence-electron chi connectivity index (χ2n) is 5.34. The molecule has 0 spiro atoms. The first kappa shape index (κ1) is 16.3. The molecule has 0 heterocycles. The normalized spacial score (nSPS) is 12.1. The maximum absolute atomic E-state index is 12.2. The van der Waals surface area contributed by atoms with Crippen molar-refractivity contribution in [3.63, 3.8) is 0 Å². The number of likely N-dealkylation sites (N-methyl/N-ethyl adjacent to an activating group) is 1. The van der Waals surface area contributed by atoms with E-state index in [1.54, 1.807) is 7.11 Å². The van der Waals surface area contributed by atoms with Gasteiger partial charge in [-0.1, -0.05) is 31.2 Å². The average Bonchev–Trinajstić information content (AvgIpc) is 2.56. The van der Waals surface area contributed by atoms with Gasteiger partial charge in [-0.2, -0.15) is 0 Å². The lowest BCUT2D eigenvalue weighted by Crippen LogP contribution is -2.34. The Balaban J connectivity index is 2.07. The number of carbonyl (C=O) groups is 1. The summed E-state index contributed by atoms with van der Waals surface area (Å²) in [7, 11) is 1.66. The van der Waals surface area contributed by atoms with Crippen molar-refractivity contribution in [1.29, 1.82) is 0 Å². The molecule has 1 amide bonds. The lowest BCUT2D eigenvalue weighted by molar-refractivity contribution is -0.122. The van der Waals surface area contributed by atoms with Crippen LogP contribution in [0.1, 0.15) is 25.3 Å². The number of nitrogens with one attached hydrogen (secondary N) is 2. The molecule has 0 bridgehead atoms. The highest BCUT2D eigenvalue weighted by Crippen LogP contribution is 2.25. The molecule has 118 valence electrons. The number of benzene rings is 2. The molecule has 0 saturated heterocycles. The molecule has 2 rings (SSSR count). The molecule has 0 aromatic heterocycles. The van der Waals surface area contributed by atoms with Crippen molar-refractivity contribution in [2.75, 3.05) is 26.7 Å². The van der Waals surface area contributed by atoms with E-state index in [1.807, 2.05) is 37.3 Å². The summed E-state index contributed by atoms with van der Waals surface area (Å²) in [4.78, 5) is 12.2. The van der Waals surface area contributed by atoms with Crippen molar-refractivity contribution < 1.29 is 9.53 Å². The summed E-state index contributed by atoms with van der Waals surface area (Å²) in [6, 6.07) is 12.1. The number of hydrogen-bond donors (Lipinski definition) is 2. The van der Waals surface area contributed by atoms with Gasteiger partial charge in [-0.15, -0.1) is 0 Å². The Kier molecular flexibility index (Phi) is 5.78. The van der Waals surface area contributed by atoms with Crippen molar-refractivity contribution in [2.45, 2.75) is 19.8 Å². The Hall–Kier alpha value is -2.07. The third-order valence-corrected chi connectivity index (χ3v) is 3.82. The predicted molar refractivity (Wildman–Crippen MR) is 90.5 cm³/mol. The number of ether oxygens (including phenoxy) is 1. The van der Waals surface area contributed by atoms with Gasteiger partial charge >= 0.3 is 0 Å². The first-order valence-electron chi connectivity index (χ1n) is 7.72. The minimum atomic E-state index is -0.159. The smallest absolute Gasteiger partial charge is 0.227 e. The van der Waals surface area contributed by atoms with Crippen LogP contribution in [0.2, 0.25) is 0 Å². The Labute approximate surface area is 131 Å². The highest BCUT2D eigenvalue weighted by Gasteiger charge is 2.15. The van der Waals surface area contributed by atoms with E-state index in [9.17, 15) is 4.79 Å². The Morgan fingerprint density at radius 3 is 2.59 bits per heavy atom. The minimum Gasteiger partial charge on any atom is -0.497 e. The van der Waals surface area contributed by atoms with Gasteiger partial charge in [0.1, 0.15) is 5.75 Å². The quantitative estimate of drug-likeness (QED) is 0.773. The van der Waals surface area contributed by atoms with Crippen LogP contribution in [0.3, 0.4) is 0 Å². The van der Waals surface area contributed by atoms with E-state index in [2.05, 4.69) is 23.6 Å². The fourth-order valence-corrected chi connectivity index (χ4v) is 2.39. The largest absolute Gasteiger partial charge is 0.497 e. The summed E-state index contributed by atoms with van der Waals surface area (Å²) >= 11 is 0. The van der Waals surface area contributed by atoms with Gasteiger partial charge < -0.3 is 15.4 Å². The molecule has 2 aromatic carbocycles. The Morgan fingerprint density at radius 1 is 1.14 bits per heavy atom. The molecule has 1 atom stereocenters. The van der Waals surface area contributed by atoms with Gasteiger partial charge in [0.25, 0.3) is 0 Å². The Bertz CT molecular complexity index is 640. The predicted octanol–water partition coefficient (Wildman–Crippen LogP) is 2.68. The van der Waals surface area contributed by atoms with Gasteiger partial charge in [0, 0.05) is 13.1 Å². The summed E-state index contributed by atoms with van der Waals surface area (Å²) in [6.07, 6.45) is 0. The van der Waals surface area contributed by atoms with Crippen LogP contribution in [-0.2, 0) is 4.79 Å². The molecule has 0 radical (unpaired) electrons. The maximum atomic E-state index is 12.2. The van der Waals surface area contributed by atoms with Crippen LogP contribution in [0.25, 0.3) is 10.8 Å². The van der Waals surface area contributed by atoms with Gasteiger partial charge in [-0.25, -0.2) is 0 Å². The zero-order valence-electron chi connectivity index (χ0n) is 13.5. The van der Waals surface area contributed by atoms with Crippen LogP contribution < -0.4 is 15.4 Å². The van der Waals surface area contributed by atoms with Crippen LogP contribution in [-0.4, -0.2) is 32.7 Å². The van der Waals surface area contributed by atoms with Gasteiger partial charge in [0.2, 0.25) is 5.91 Å². The second-order valence-corrected chi connectivity index (χ2v) is 5.34. The number of carbonyl (C=O) groups excluding carboxylic acids is 1. The van der Waals surface area contributed by atoms with Crippen molar-refractivity contribution >= 4 is 16.7 Å². The molecule has 2 N–H and O–H groups in total. The average molecular weight is 300 g/mol. The molecular weight excluding hydrogens is 276 g/mol. The summed E-state index contributed by atoms with van der Waals surface area (Å²) in [5.74, 6) is 0.744. The Morgan fingerprint density at radius 2 is 1.86 bits per heavy atom. The fourth-order valence-electron chi connectivity index (χ4n) is 2.39. The summed E-state index contributed by atoms with van der Waals surface area (Å²) in [5.41, 5.74) is 1.03. The van der Waals surface area contributed by atoms with Crippen molar-refractivity contribution in [1.82, 2.24) is 10.6 Å². The van der Waals surface area contributed by atoms with Gasteiger partial charge in [0.15, 0.2) is 0 Å². The van der Waals surface area contributed by atoms with Gasteiger partial charge in [-0.05, 0) is 41.9 Å². The van der Waals surface area contributed by atoms with Crippen LogP contribution in [0.15, 0.2) is 36.4 Å². The third kappa shape index (κ3) is 3.98. The number of amides is 1. The molecule has 0 saturated carbocycles. The zero-order valence-corrected chi connectivity index (χ0v) is 13.5. The summed E-state index contributed by atoms with van der Waals surface area (Å²) in [6.45, 7) is 6.36. The highest BCUT2D eigenvalue weighted by atomic mass is 16.5. The van der Waals surface area contributed by atoms with Crippen LogP contribution in [0, 0.1) is 0 Å².